The van der Waals surface area contributed by atoms with Crippen molar-refractivity contribution < 1.29 is 19.4 Å². The number of nitrogens with zero attached hydrogens (tertiary/aromatic N) is 4. The van der Waals surface area contributed by atoms with Gasteiger partial charge in [0, 0.05) is 62.0 Å². The van der Waals surface area contributed by atoms with Crippen LogP contribution in [0, 0.1) is 0 Å². The van der Waals surface area contributed by atoms with Gasteiger partial charge in [0.15, 0.2) is 11.6 Å². The third-order valence-corrected chi connectivity index (χ3v) is 10.1. The van der Waals surface area contributed by atoms with E-state index in [-0.39, 0.29) is 25.5 Å². The highest BCUT2D eigenvalue weighted by Crippen LogP contribution is 2.45. The minimum Gasteiger partial charge on any atom is -0.494 e. The van der Waals surface area contributed by atoms with Gasteiger partial charge in [-0.15, -0.1) is 0 Å². The number of rotatable bonds is 14. The lowest BCUT2D eigenvalue weighted by atomic mass is 9.81. The van der Waals surface area contributed by atoms with E-state index >= 15 is 0 Å². The zero-order valence-corrected chi connectivity index (χ0v) is 29.4. The van der Waals surface area contributed by atoms with E-state index in [4.69, 9.17) is 19.6 Å². The third kappa shape index (κ3) is 8.04. The molecule has 2 atom stereocenters. The molecular formula is C39H34BrN5O4S. The molecule has 1 amide bonds. The highest BCUT2D eigenvalue weighted by Gasteiger charge is 2.54. The Balaban J connectivity index is 1.41. The van der Waals surface area contributed by atoms with Crippen LogP contribution in [0.1, 0.15) is 34.8 Å². The normalized spacial score (nSPS) is 16.5. The molecule has 0 aliphatic carbocycles. The Morgan fingerprint density at radius 2 is 1.64 bits per heavy atom. The van der Waals surface area contributed by atoms with Crippen LogP contribution < -0.4 is 10.1 Å². The maximum Gasteiger partial charge on any atom is 0.252 e. The second-order valence-corrected chi connectivity index (χ2v) is 13.5. The van der Waals surface area contributed by atoms with Crippen LogP contribution in [0.4, 0.5) is 5.69 Å². The molecule has 0 fully saturated rings. The van der Waals surface area contributed by atoms with Crippen LogP contribution in [-0.4, -0.2) is 35.7 Å². The Morgan fingerprint density at radius 1 is 0.940 bits per heavy atom. The molecule has 2 N–H and O–H groups in total. The minimum atomic E-state index is -1.50. The lowest BCUT2D eigenvalue weighted by Crippen LogP contribution is -2.49. The van der Waals surface area contributed by atoms with Crippen LogP contribution in [-0.2, 0) is 22.5 Å². The molecule has 1 aliphatic rings. The number of carbonyl (C=O) groups is 1. The van der Waals surface area contributed by atoms with Crippen molar-refractivity contribution in [2.24, 2.45) is 10.1 Å². The smallest absolute Gasteiger partial charge is 0.252 e. The Kier molecular flexibility index (Phi) is 11.5. The van der Waals surface area contributed by atoms with E-state index in [0.717, 1.165) is 25.4 Å². The number of aliphatic hydroxyl groups excluding tert-OH is 1. The second-order valence-electron chi connectivity index (χ2n) is 11.5. The number of aliphatic hydroxyl groups is 1. The molecule has 6 rings (SSSR count). The maximum atomic E-state index is 14.9. The Hall–Kier alpha value is -5.06. The first-order chi connectivity index (χ1) is 24.5. The summed E-state index contributed by atoms with van der Waals surface area (Å²) in [5.74, 6) is 0.596. The van der Waals surface area contributed by atoms with Gasteiger partial charge in [-0.2, -0.15) is 0 Å². The van der Waals surface area contributed by atoms with E-state index in [1.165, 1.54) is 0 Å². The number of amides is 1. The van der Waals surface area contributed by atoms with Crippen LogP contribution in [0.3, 0.4) is 0 Å². The molecule has 5 aromatic carbocycles. The van der Waals surface area contributed by atoms with Crippen molar-refractivity contribution in [3.8, 4) is 5.75 Å². The Labute approximate surface area is 303 Å². The molecule has 0 saturated carbocycles. The number of azide groups is 1. The summed E-state index contributed by atoms with van der Waals surface area (Å²) in [6.45, 7) is 0.684. The van der Waals surface area contributed by atoms with Crippen LogP contribution in [0.5, 0.6) is 5.75 Å². The van der Waals surface area contributed by atoms with Crippen molar-refractivity contribution in [3.05, 3.63) is 165 Å². The number of nitrogens with one attached hydrogen (secondary N) is 1. The molecule has 50 heavy (non-hydrogen) atoms. The van der Waals surface area contributed by atoms with Crippen LogP contribution in [0.2, 0.25) is 0 Å². The predicted molar refractivity (Wildman–Crippen MR) is 199 cm³/mol. The SMILES string of the molecule is [N-]=[N+]=Nc1ccccc1C[C@@]1(C(=O)NCc2ccccc2Sc2ccccc2)N=C(c2ccc(OCCCO)cc2)O[C@@H]1c1ccccc1Br. The van der Waals surface area contributed by atoms with Gasteiger partial charge in [-0.25, -0.2) is 4.99 Å². The van der Waals surface area contributed by atoms with Gasteiger partial charge in [-0.05, 0) is 65.2 Å². The average molecular weight is 749 g/mol. The van der Waals surface area contributed by atoms with Crippen LogP contribution in [0.25, 0.3) is 10.4 Å². The molecule has 1 aliphatic heterocycles. The fraction of sp³-hybridized carbons (Fsp3) is 0.179. The molecule has 0 aromatic heterocycles. The molecule has 0 bridgehead atoms. The van der Waals surface area contributed by atoms with Gasteiger partial charge < -0.3 is 19.9 Å². The van der Waals surface area contributed by atoms with E-state index in [1.807, 2.05) is 103 Å². The van der Waals surface area contributed by atoms with Gasteiger partial charge in [0.25, 0.3) is 5.91 Å². The van der Waals surface area contributed by atoms with Gasteiger partial charge in [0.2, 0.25) is 5.90 Å². The Bertz CT molecular complexity index is 2020. The molecular weight excluding hydrogens is 714 g/mol. The monoisotopic (exact) mass is 747 g/mol. The summed E-state index contributed by atoms with van der Waals surface area (Å²) in [7, 11) is 0. The third-order valence-electron chi connectivity index (χ3n) is 8.20. The summed E-state index contributed by atoms with van der Waals surface area (Å²) in [5.41, 5.74) is 11.3. The number of carbonyl (C=O) groups excluding carboxylic acids is 1. The molecule has 0 spiro atoms. The van der Waals surface area contributed by atoms with Crippen molar-refractivity contribution >= 4 is 45.2 Å². The molecule has 252 valence electrons. The number of benzene rings is 5. The molecule has 11 heteroatoms. The van der Waals surface area contributed by atoms with Crippen molar-refractivity contribution in [1.29, 1.82) is 0 Å². The highest BCUT2D eigenvalue weighted by atomic mass is 79.9. The fourth-order valence-electron chi connectivity index (χ4n) is 5.74. The minimum absolute atomic E-state index is 0.0452. The zero-order chi connectivity index (χ0) is 34.8. The van der Waals surface area contributed by atoms with Crippen LogP contribution in [0.15, 0.2) is 152 Å². The molecule has 1 heterocycles. The van der Waals surface area contributed by atoms with Gasteiger partial charge in [-0.1, -0.05) is 112 Å². The van der Waals surface area contributed by atoms with Crippen molar-refractivity contribution in [3.63, 3.8) is 0 Å². The standard InChI is InChI=1S/C39H34BrN5O4S/c40-33-16-7-6-15-32(33)36-39(25-28-11-4-8-17-34(28)44-45-41,43-37(49-36)27-19-21-30(22-20-27)48-24-10-23-46)38(47)42-26-29-12-5-9-18-35(29)50-31-13-2-1-3-14-31/h1-9,11-22,36,46H,10,23-26H2,(H,42,47)/t36-,39-/m1/s1. The first-order valence-electron chi connectivity index (χ1n) is 16.1. The second kappa shape index (κ2) is 16.6. The van der Waals surface area contributed by atoms with E-state index < -0.39 is 11.6 Å². The summed E-state index contributed by atoms with van der Waals surface area (Å²) in [6, 6.07) is 40.2. The summed E-state index contributed by atoms with van der Waals surface area (Å²) >= 11 is 5.33. The Morgan fingerprint density at radius 3 is 2.40 bits per heavy atom. The molecule has 0 radical (unpaired) electrons. The molecule has 0 saturated heterocycles. The molecule has 0 unspecified atom stereocenters. The maximum absolute atomic E-state index is 14.9. The summed E-state index contributed by atoms with van der Waals surface area (Å²) < 4.78 is 13.2. The summed E-state index contributed by atoms with van der Waals surface area (Å²) in [4.78, 5) is 25.2. The van der Waals surface area contributed by atoms with Crippen LogP contribution >= 0.6 is 27.7 Å². The topological polar surface area (TPSA) is 129 Å². The molecule has 5 aromatic rings. The van der Waals surface area contributed by atoms with Crippen molar-refractivity contribution in [1.82, 2.24) is 5.32 Å². The van der Waals surface area contributed by atoms with Gasteiger partial charge in [0.1, 0.15) is 5.75 Å². The largest absolute Gasteiger partial charge is 0.494 e. The van der Waals surface area contributed by atoms with E-state index in [1.54, 1.807) is 23.9 Å². The first kappa shape index (κ1) is 34.8. The van der Waals surface area contributed by atoms with E-state index in [2.05, 4.69) is 43.4 Å². The van der Waals surface area contributed by atoms with Gasteiger partial charge >= 0.3 is 0 Å². The summed E-state index contributed by atoms with van der Waals surface area (Å²) in [5, 5.41) is 16.3. The van der Waals surface area contributed by atoms with Crippen molar-refractivity contribution in [2.45, 2.75) is 40.8 Å². The number of hydrogen-bond acceptors (Lipinski definition) is 7. The number of hydrogen-bond donors (Lipinski definition) is 2. The lowest BCUT2D eigenvalue weighted by Gasteiger charge is -2.31. The average Bonchev–Trinajstić information content (AvgIpc) is 3.53. The van der Waals surface area contributed by atoms with E-state index in [9.17, 15) is 10.3 Å². The number of halogens is 1. The fourth-order valence-corrected chi connectivity index (χ4v) is 7.19. The predicted octanol–water partition coefficient (Wildman–Crippen LogP) is 9.12. The zero-order valence-electron chi connectivity index (χ0n) is 27.0. The van der Waals surface area contributed by atoms with Crippen molar-refractivity contribution in [2.75, 3.05) is 13.2 Å². The lowest BCUT2D eigenvalue weighted by molar-refractivity contribution is -0.129. The number of aliphatic imine (C=N–C) groups is 1. The quantitative estimate of drug-likeness (QED) is 0.0507. The first-order valence-corrected chi connectivity index (χ1v) is 17.7. The highest BCUT2D eigenvalue weighted by molar-refractivity contribution is 9.10. The van der Waals surface area contributed by atoms with Gasteiger partial charge in [-0.3, -0.25) is 4.79 Å². The number of ether oxygens (including phenoxy) is 2. The van der Waals surface area contributed by atoms with Gasteiger partial charge in [0.05, 0.1) is 6.61 Å². The van der Waals surface area contributed by atoms with E-state index in [0.29, 0.717) is 41.5 Å². The summed E-state index contributed by atoms with van der Waals surface area (Å²) in [6.07, 6.45) is -0.233. The molecule has 9 nitrogen and oxygen atoms in total.